The van der Waals surface area contributed by atoms with Crippen molar-refractivity contribution in [2.24, 2.45) is 0 Å². The fourth-order valence-corrected chi connectivity index (χ4v) is 4.65. The largest absolute Gasteiger partial charge is 0.321 e. The summed E-state index contributed by atoms with van der Waals surface area (Å²) >= 11 is 0. The monoisotopic (exact) mass is 474 g/mol. The quantitative estimate of drug-likeness (QED) is 0.412. The minimum Gasteiger partial charge on any atom is -0.321 e. The van der Waals surface area contributed by atoms with Crippen LogP contribution in [0.25, 0.3) is 16.5 Å². The van der Waals surface area contributed by atoms with Crippen LogP contribution in [0.15, 0.2) is 85.2 Å². The van der Waals surface area contributed by atoms with Crippen LogP contribution >= 0.6 is 0 Å². The van der Waals surface area contributed by atoms with Crippen LogP contribution in [0.5, 0.6) is 0 Å². The standard InChI is InChI=1S/C28H22N6O2/c1-18-26(31-32-34(18)25-8-4-6-21-17-29-15-13-23(21)25)27(35)30-22-11-9-20(10-12-22)28(36)33-16-14-19-5-2-3-7-24(19)33/h2-13,15,17H,14,16H2,1H3,(H,30,35). The average Bonchev–Trinajstić information content (AvgIpc) is 3.52. The molecule has 5 aromatic rings. The smallest absolute Gasteiger partial charge is 0.278 e. The first-order valence-electron chi connectivity index (χ1n) is 11.7. The molecule has 0 fully saturated rings. The van der Waals surface area contributed by atoms with Gasteiger partial charge in [-0.05, 0) is 61.4 Å². The lowest BCUT2D eigenvalue weighted by Crippen LogP contribution is -2.28. The first kappa shape index (κ1) is 21.7. The Bertz CT molecular complexity index is 1620. The average molecular weight is 475 g/mol. The first-order valence-corrected chi connectivity index (χ1v) is 11.7. The summed E-state index contributed by atoms with van der Waals surface area (Å²) in [6, 6.07) is 22.6. The summed E-state index contributed by atoms with van der Waals surface area (Å²) in [6.07, 6.45) is 4.37. The number of pyridine rings is 1. The van der Waals surface area contributed by atoms with Gasteiger partial charge in [0, 0.05) is 46.6 Å². The van der Waals surface area contributed by atoms with Crippen molar-refractivity contribution in [2.75, 3.05) is 16.8 Å². The highest BCUT2D eigenvalue weighted by atomic mass is 16.2. The van der Waals surface area contributed by atoms with E-state index in [1.807, 2.05) is 49.4 Å². The fraction of sp³-hybridized carbons (Fsp3) is 0.107. The van der Waals surface area contributed by atoms with E-state index in [4.69, 9.17) is 0 Å². The van der Waals surface area contributed by atoms with Crippen LogP contribution in [0.1, 0.15) is 32.1 Å². The second kappa shape index (κ2) is 8.74. The summed E-state index contributed by atoms with van der Waals surface area (Å²) in [6.45, 7) is 2.48. The predicted molar refractivity (Wildman–Crippen MR) is 138 cm³/mol. The van der Waals surface area contributed by atoms with Gasteiger partial charge in [-0.3, -0.25) is 14.6 Å². The minimum absolute atomic E-state index is 0.0538. The van der Waals surface area contributed by atoms with Gasteiger partial charge in [0.15, 0.2) is 5.69 Å². The van der Waals surface area contributed by atoms with Gasteiger partial charge in [0.25, 0.3) is 11.8 Å². The number of nitrogens with one attached hydrogen (secondary N) is 1. The highest BCUT2D eigenvalue weighted by Gasteiger charge is 2.25. The van der Waals surface area contributed by atoms with Crippen molar-refractivity contribution in [1.82, 2.24) is 20.0 Å². The number of hydrogen-bond donors (Lipinski definition) is 1. The molecular weight excluding hydrogens is 452 g/mol. The zero-order valence-corrected chi connectivity index (χ0v) is 19.5. The van der Waals surface area contributed by atoms with Crippen molar-refractivity contribution in [2.45, 2.75) is 13.3 Å². The Morgan fingerprint density at radius 3 is 2.58 bits per heavy atom. The molecule has 0 saturated heterocycles. The Kier molecular flexibility index (Phi) is 5.26. The van der Waals surface area contributed by atoms with Crippen LogP contribution in [0.2, 0.25) is 0 Å². The Labute approximate surface area is 207 Å². The molecule has 36 heavy (non-hydrogen) atoms. The van der Waals surface area contributed by atoms with E-state index in [1.54, 1.807) is 46.2 Å². The van der Waals surface area contributed by atoms with E-state index in [2.05, 4.69) is 26.7 Å². The third-order valence-corrected chi connectivity index (χ3v) is 6.52. The fourth-order valence-electron chi connectivity index (χ4n) is 4.65. The third-order valence-electron chi connectivity index (χ3n) is 6.52. The normalized spacial score (nSPS) is 12.5. The number of carbonyl (C=O) groups excluding carboxylic acids is 2. The number of rotatable bonds is 4. The number of anilines is 2. The molecule has 6 rings (SSSR count). The van der Waals surface area contributed by atoms with Gasteiger partial charge in [0.2, 0.25) is 0 Å². The number of aromatic nitrogens is 4. The summed E-state index contributed by atoms with van der Waals surface area (Å²) < 4.78 is 1.66. The van der Waals surface area contributed by atoms with E-state index in [0.29, 0.717) is 23.5 Å². The molecule has 0 unspecified atom stereocenters. The summed E-state index contributed by atoms with van der Waals surface area (Å²) in [5.41, 5.74) is 4.96. The molecule has 0 radical (unpaired) electrons. The lowest BCUT2D eigenvalue weighted by Gasteiger charge is -2.17. The lowest BCUT2D eigenvalue weighted by atomic mass is 10.1. The molecule has 1 N–H and O–H groups in total. The van der Waals surface area contributed by atoms with Gasteiger partial charge in [-0.25, -0.2) is 4.68 Å². The number of benzene rings is 3. The molecule has 3 heterocycles. The van der Waals surface area contributed by atoms with Crippen molar-refractivity contribution >= 4 is 34.0 Å². The molecule has 8 heteroatoms. The zero-order valence-electron chi connectivity index (χ0n) is 19.5. The van der Waals surface area contributed by atoms with Crippen LogP contribution in [-0.4, -0.2) is 38.3 Å². The van der Waals surface area contributed by atoms with Crippen LogP contribution < -0.4 is 10.2 Å². The molecule has 8 nitrogen and oxygen atoms in total. The molecule has 1 aliphatic heterocycles. The van der Waals surface area contributed by atoms with Crippen molar-refractivity contribution in [3.05, 3.63) is 108 Å². The first-order chi connectivity index (χ1) is 17.6. The lowest BCUT2D eigenvalue weighted by molar-refractivity contribution is 0.0988. The van der Waals surface area contributed by atoms with Crippen LogP contribution in [0.3, 0.4) is 0 Å². The molecular formula is C28H22N6O2. The minimum atomic E-state index is -0.367. The van der Waals surface area contributed by atoms with Gasteiger partial charge >= 0.3 is 0 Å². The van der Waals surface area contributed by atoms with Gasteiger partial charge < -0.3 is 10.2 Å². The van der Waals surface area contributed by atoms with E-state index in [1.165, 1.54) is 5.56 Å². The highest BCUT2D eigenvalue weighted by Crippen LogP contribution is 2.29. The molecule has 0 spiro atoms. The molecule has 0 atom stereocenters. The molecule has 176 valence electrons. The van der Waals surface area contributed by atoms with E-state index in [-0.39, 0.29) is 17.5 Å². The molecule has 0 aliphatic carbocycles. The second-order valence-corrected chi connectivity index (χ2v) is 8.68. The molecule has 1 aliphatic rings. The van der Waals surface area contributed by atoms with Crippen LogP contribution in [0.4, 0.5) is 11.4 Å². The number of amides is 2. The topological polar surface area (TPSA) is 93.0 Å². The Balaban J connectivity index is 1.20. The molecule has 0 bridgehead atoms. The van der Waals surface area contributed by atoms with Crippen LogP contribution in [-0.2, 0) is 6.42 Å². The maximum Gasteiger partial charge on any atom is 0.278 e. The molecule has 3 aromatic carbocycles. The number of carbonyl (C=O) groups is 2. The van der Waals surface area contributed by atoms with E-state index in [9.17, 15) is 9.59 Å². The maximum absolute atomic E-state index is 13.1. The summed E-state index contributed by atoms with van der Waals surface area (Å²) in [5.74, 6) is -0.421. The summed E-state index contributed by atoms with van der Waals surface area (Å²) in [5, 5.41) is 13.2. The maximum atomic E-state index is 13.1. The SMILES string of the molecule is Cc1c(C(=O)Nc2ccc(C(=O)N3CCc4ccccc43)cc2)nnn1-c1cccc2cnccc12. The second-order valence-electron chi connectivity index (χ2n) is 8.68. The van der Waals surface area contributed by atoms with E-state index >= 15 is 0 Å². The number of nitrogens with zero attached hydrogens (tertiary/aromatic N) is 5. The number of hydrogen-bond acceptors (Lipinski definition) is 5. The van der Waals surface area contributed by atoms with E-state index < -0.39 is 0 Å². The van der Waals surface area contributed by atoms with E-state index in [0.717, 1.165) is 28.6 Å². The third kappa shape index (κ3) is 3.69. The Morgan fingerprint density at radius 1 is 0.917 bits per heavy atom. The zero-order chi connectivity index (χ0) is 24.6. The molecule has 2 aromatic heterocycles. The van der Waals surface area contributed by atoms with Gasteiger partial charge in [-0.1, -0.05) is 35.5 Å². The van der Waals surface area contributed by atoms with Gasteiger partial charge in [0.05, 0.1) is 11.4 Å². The van der Waals surface area contributed by atoms with Crippen LogP contribution in [0, 0.1) is 6.92 Å². The number of para-hydroxylation sites is 1. The van der Waals surface area contributed by atoms with Gasteiger partial charge in [0.1, 0.15) is 0 Å². The van der Waals surface area contributed by atoms with Gasteiger partial charge in [-0.15, -0.1) is 5.10 Å². The van der Waals surface area contributed by atoms with Crippen molar-refractivity contribution < 1.29 is 9.59 Å². The highest BCUT2D eigenvalue weighted by molar-refractivity contribution is 6.08. The Hall–Kier alpha value is -4.85. The number of fused-ring (bicyclic) bond motifs is 2. The van der Waals surface area contributed by atoms with Gasteiger partial charge in [-0.2, -0.15) is 0 Å². The van der Waals surface area contributed by atoms with Crippen molar-refractivity contribution in [1.29, 1.82) is 0 Å². The van der Waals surface area contributed by atoms with Crippen molar-refractivity contribution in [3.63, 3.8) is 0 Å². The van der Waals surface area contributed by atoms with Crippen molar-refractivity contribution in [3.8, 4) is 5.69 Å². The molecule has 0 saturated carbocycles. The molecule has 2 amide bonds. The summed E-state index contributed by atoms with van der Waals surface area (Å²) in [7, 11) is 0. The summed E-state index contributed by atoms with van der Waals surface area (Å²) in [4.78, 5) is 32.0. The predicted octanol–water partition coefficient (Wildman–Crippen LogP) is 4.58. The Morgan fingerprint density at radius 2 is 1.72 bits per heavy atom.